The van der Waals surface area contributed by atoms with E-state index in [1.807, 2.05) is 6.92 Å². The van der Waals surface area contributed by atoms with Gasteiger partial charge in [0, 0.05) is 30.1 Å². The van der Waals surface area contributed by atoms with Crippen LogP contribution in [0.2, 0.25) is 0 Å². The number of likely N-dealkylation sites (tertiary alicyclic amines) is 1. The summed E-state index contributed by atoms with van der Waals surface area (Å²) in [5.74, 6) is 0. The monoisotopic (exact) mass is 345 g/mol. The Hall–Kier alpha value is -2.08. The van der Waals surface area contributed by atoms with Crippen LogP contribution < -0.4 is 5.32 Å². The normalized spacial score (nSPS) is 15.3. The predicted molar refractivity (Wildman–Crippen MR) is 97.5 cm³/mol. The molecule has 2 heterocycles. The maximum Gasteiger partial charge on any atom is 0.409 e. The molecule has 1 saturated heterocycles. The van der Waals surface area contributed by atoms with E-state index in [1.54, 1.807) is 16.2 Å². The number of hydrogen-bond donors (Lipinski definition) is 1. The van der Waals surface area contributed by atoms with Crippen LogP contribution in [-0.2, 0) is 4.74 Å². The quantitative estimate of drug-likeness (QED) is 0.904. The Kier molecular flexibility index (Phi) is 5.35. The lowest BCUT2D eigenvalue weighted by Gasteiger charge is -2.31. The number of nitrogens with one attached hydrogen (secondary N) is 1. The first-order chi connectivity index (χ1) is 11.7. The zero-order valence-corrected chi connectivity index (χ0v) is 14.9. The summed E-state index contributed by atoms with van der Waals surface area (Å²) < 4.78 is 5.05. The fraction of sp³-hybridized carbons (Fsp3) is 0.444. The van der Waals surface area contributed by atoms with Gasteiger partial charge in [-0.25, -0.2) is 9.78 Å². The second-order valence-electron chi connectivity index (χ2n) is 6.01. The highest BCUT2D eigenvalue weighted by Crippen LogP contribution is 2.26. The molecule has 0 unspecified atom stereocenters. The summed E-state index contributed by atoms with van der Waals surface area (Å²) in [6.07, 6.45) is 1.63. The van der Waals surface area contributed by atoms with E-state index in [9.17, 15) is 4.79 Å². The third-order valence-electron chi connectivity index (χ3n) is 4.20. The van der Waals surface area contributed by atoms with E-state index in [2.05, 4.69) is 41.9 Å². The second kappa shape index (κ2) is 7.66. The number of amides is 1. The number of benzene rings is 1. The molecule has 1 aliphatic heterocycles. The second-order valence-corrected chi connectivity index (χ2v) is 6.87. The van der Waals surface area contributed by atoms with Crippen molar-refractivity contribution >= 4 is 22.6 Å². The molecule has 128 valence electrons. The number of carbonyl (C=O) groups is 1. The van der Waals surface area contributed by atoms with Gasteiger partial charge in [0.2, 0.25) is 0 Å². The summed E-state index contributed by atoms with van der Waals surface area (Å²) in [4.78, 5) is 18.2. The molecule has 0 aliphatic carbocycles. The van der Waals surface area contributed by atoms with Gasteiger partial charge in [-0.05, 0) is 26.7 Å². The molecule has 0 spiro atoms. The molecule has 1 N–H and O–H groups in total. The van der Waals surface area contributed by atoms with Gasteiger partial charge in [-0.3, -0.25) is 0 Å². The largest absolute Gasteiger partial charge is 0.450 e. The number of thiazole rings is 1. The minimum absolute atomic E-state index is 0.202. The van der Waals surface area contributed by atoms with Crippen LogP contribution in [0.15, 0.2) is 29.6 Å². The lowest BCUT2D eigenvalue weighted by molar-refractivity contribution is 0.0983. The highest BCUT2D eigenvalue weighted by atomic mass is 32.1. The van der Waals surface area contributed by atoms with Crippen LogP contribution in [0, 0.1) is 6.92 Å². The van der Waals surface area contributed by atoms with Crippen LogP contribution in [0.4, 0.5) is 9.93 Å². The van der Waals surface area contributed by atoms with E-state index in [0.717, 1.165) is 42.3 Å². The van der Waals surface area contributed by atoms with Crippen molar-refractivity contribution in [3.8, 4) is 11.3 Å². The van der Waals surface area contributed by atoms with Gasteiger partial charge in [0.15, 0.2) is 5.13 Å². The molecule has 2 aromatic rings. The van der Waals surface area contributed by atoms with Crippen LogP contribution in [0.25, 0.3) is 11.3 Å². The molecule has 1 aromatic carbocycles. The minimum atomic E-state index is -0.202. The average molecular weight is 345 g/mol. The van der Waals surface area contributed by atoms with E-state index >= 15 is 0 Å². The number of piperidine rings is 1. The number of hydrogen-bond acceptors (Lipinski definition) is 5. The molecule has 5 nitrogen and oxygen atoms in total. The van der Waals surface area contributed by atoms with E-state index in [-0.39, 0.29) is 6.09 Å². The third kappa shape index (κ3) is 4.06. The van der Waals surface area contributed by atoms with Crippen molar-refractivity contribution in [3.05, 3.63) is 35.2 Å². The predicted octanol–water partition coefficient (Wildman–Crippen LogP) is 4.15. The lowest BCUT2D eigenvalue weighted by Crippen LogP contribution is -2.42. The number of anilines is 1. The molecule has 0 atom stereocenters. The highest BCUT2D eigenvalue weighted by molar-refractivity contribution is 7.14. The molecule has 1 aliphatic rings. The Labute approximate surface area is 146 Å². The molecule has 1 fully saturated rings. The maximum absolute atomic E-state index is 11.7. The first kappa shape index (κ1) is 16.8. The number of rotatable bonds is 4. The minimum Gasteiger partial charge on any atom is -0.450 e. The van der Waals surface area contributed by atoms with Crippen LogP contribution in [0.1, 0.15) is 25.3 Å². The van der Waals surface area contributed by atoms with E-state index in [1.165, 1.54) is 5.56 Å². The van der Waals surface area contributed by atoms with E-state index in [4.69, 9.17) is 9.72 Å². The SMILES string of the molecule is CCOC(=O)N1CCC(Nc2nc(-c3ccc(C)cc3)cs2)CC1. The Bertz CT molecular complexity index is 676. The fourth-order valence-corrected chi connectivity index (χ4v) is 3.59. The molecule has 24 heavy (non-hydrogen) atoms. The fourth-order valence-electron chi connectivity index (χ4n) is 2.79. The maximum atomic E-state index is 11.7. The Morgan fingerprint density at radius 2 is 2.04 bits per heavy atom. The summed E-state index contributed by atoms with van der Waals surface area (Å²) in [6.45, 7) is 5.80. The number of carbonyl (C=O) groups excluding carboxylic acids is 1. The first-order valence-corrected chi connectivity index (χ1v) is 9.24. The summed E-state index contributed by atoms with van der Waals surface area (Å²) in [7, 11) is 0. The first-order valence-electron chi connectivity index (χ1n) is 8.36. The number of aromatic nitrogens is 1. The van der Waals surface area contributed by atoms with Crippen LogP contribution in [0.3, 0.4) is 0 Å². The number of nitrogens with zero attached hydrogens (tertiary/aromatic N) is 2. The van der Waals surface area contributed by atoms with E-state index < -0.39 is 0 Å². The molecule has 3 rings (SSSR count). The molecule has 0 bridgehead atoms. The van der Waals surface area contributed by atoms with Gasteiger partial charge in [-0.1, -0.05) is 29.8 Å². The van der Waals surface area contributed by atoms with Crippen molar-refractivity contribution in [2.45, 2.75) is 32.7 Å². The third-order valence-corrected chi connectivity index (χ3v) is 4.97. The lowest BCUT2D eigenvalue weighted by atomic mass is 10.1. The van der Waals surface area contributed by atoms with E-state index in [0.29, 0.717) is 12.6 Å². The molecule has 0 saturated carbocycles. The summed E-state index contributed by atoms with van der Waals surface area (Å²) in [5.41, 5.74) is 3.40. The standard InChI is InChI=1S/C18H23N3O2S/c1-3-23-18(22)21-10-8-15(9-11-21)19-17-20-16(12-24-17)14-6-4-13(2)5-7-14/h4-7,12,15H,3,8-11H2,1-2H3,(H,19,20). The van der Waals surface area contributed by atoms with Crippen LogP contribution in [-0.4, -0.2) is 41.7 Å². The Morgan fingerprint density at radius 3 is 2.71 bits per heavy atom. The van der Waals surface area contributed by atoms with Crippen molar-refractivity contribution < 1.29 is 9.53 Å². The summed E-state index contributed by atoms with van der Waals surface area (Å²) in [5, 5.41) is 6.53. The molecule has 6 heteroatoms. The summed E-state index contributed by atoms with van der Waals surface area (Å²) in [6, 6.07) is 8.77. The van der Waals surface area contributed by atoms with Crippen molar-refractivity contribution in [2.24, 2.45) is 0 Å². The molecular weight excluding hydrogens is 322 g/mol. The Balaban J connectivity index is 1.54. The van der Waals surface area contributed by atoms with Crippen molar-refractivity contribution in [3.63, 3.8) is 0 Å². The molecular formula is C18H23N3O2S. The summed E-state index contributed by atoms with van der Waals surface area (Å²) >= 11 is 1.63. The van der Waals surface area contributed by atoms with Gasteiger partial charge >= 0.3 is 6.09 Å². The van der Waals surface area contributed by atoms with Crippen molar-refractivity contribution in [2.75, 3.05) is 25.0 Å². The van der Waals surface area contributed by atoms with Crippen LogP contribution >= 0.6 is 11.3 Å². The zero-order valence-electron chi connectivity index (χ0n) is 14.1. The van der Waals surface area contributed by atoms with Crippen LogP contribution in [0.5, 0.6) is 0 Å². The van der Waals surface area contributed by atoms with Crippen molar-refractivity contribution in [1.82, 2.24) is 9.88 Å². The smallest absolute Gasteiger partial charge is 0.409 e. The number of aryl methyl sites for hydroxylation is 1. The zero-order chi connectivity index (χ0) is 16.9. The number of ether oxygens (including phenoxy) is 1. The van der Waals surface area contributed by atoms with Gasteiger partial charge < -0.3 is 15.0 Å². The van der Waals surface area contributed by atoms with Gasteiger partial charge in [0.25, 0.3) is 0 Å². The Morgan fingerprint density at radius 1 is 1.33 bits per heavy atom. The van der Waals surface area contributed by atoms with Crippen molar-refractivity contribution in [1.29, 1.82) is 0 Å². The van der Waals surface area contributed by atoms with Gasteiger partial charge in [-0.2, -0.15) is 0 Å². The van der Waals surface area contributed by atoms with Gasteiger partial charge in [-0.15, -0.1) is 11.3 Å². The molecule has 0 radical (unpaired) electrons. The van der Waals surface area contributed by atoms with Gasteiger partial charge in [0.1, 0.15) is 0 Å². The highest BCUT2D eigenvalue weighted by Gasteiger charge is 2.24. The average Bonchev–Trinajstić information content (AvgIpc) is 3.05. The molecule has 1 amide bonds. The van der Waals surface area contributed by atoms with Gasteiger partial charge in [0.05, 0.1) is 12.3 Å². The topological polar surface area (TPSA) is 54.5 Å². The molecule has 1 aromatic heterocycles.